The molecule has 1 heterocycles. The molecule has 19 heavy (non-hydrogen) atoms. The van der Waals surface area contributed by atoms with Crippen LogP contribution < -0.4 is 5.32 Å². The summed E-state index contributed by atoms with van der Waals surface area (Å²) >= 11 is 0. The molecular weight excluding hydrogens is 236 g/mol. The molecule has 0 spiro atoms. The van der Waals surface area contributed by atoms with Crippen LogP contribution in [-0.2, 0) is 0 Å². The number of rotatable bonds is 7. The van der Waals surface area contributed by atoms with E-state index in [1.807, 2.05) is 6.92 Å². The van der Waals surface area contributed by atoms with Gasteiger partial charge < -0.3 is 9.80 Å². The second-order valence-electron chi connectivity index (χ2n) is 5.87. The monoisotopic (exact) mass is 266 g/mol. The van der Waals surface area contributed by atoms with Crippen molar-refractivity contribution in [1.29, 1.82) is 5.26 Å². The molecule has 0 aromatic heterocycles. The first-order valence-electron chi connectivity index (χ1n) is 7.63. The standard InChI is InChI=1S/C15H30N4/c1-5-17-15(3,13-16)9-12-18(4)14-7-10-19(6-2)11-8-14/h14,17H,5-12H2,1-4H3. The lowest BCUT2D eigenvalue weighted by Gasteiger charge is -2.37. The SMILES string of the molecule is CCNC(C)(C#N)CCN(C)C1CCN(CC)CC1. The van der Waals surface area contributed by atoms with Crippen molar-refractivity contribution < 1.29 is 0 Å². The van der Waals surface area contributed by atoms with Crippen molar-refractivity contribution in [3.8, 4) is 6.07 Å². The molecule has 1 aliphatic heterocycles. The molecule has 0 radical (unpaired) electrons. The smallest absolute Gasteiger partial charge is 0.105 e. The number of nitrogens with zero attached hydrogens (tertiary/aromatic N) is 3. The summed E-state index contributed by atoms with van der Waals surface area (Å²) in [6, 6.07) is 3.10. The van der Waals surface area contributed by atoms with Crippen LogP contribution in [0.3, 0.4) is 0 Å². The van der Waals surface area contributed by atoms with Crippen LogP contribution in [0.5, 0.6) is 0 Å². The second kappa shape index (κ2) is 7.84. The minimum absolute atomic E-state index is 0.382. The van der Waals surface area contributed by atoms with E-state index >= 15 is 0 Å². The first-order chi connectivity index (χ1) is 9.04. The molecule has 1 rings (SSSR count). The highest BCUT2D eigenvalue weighted by Crippen LogP contribution is 2.17. The molecule has 0 aromatic rings. The van der Waals surface area contributed by atoms with Crippen molar-refractivity contribution >= 4 is 0 Å². The molecule has 4 heteroatoms. The molecule has 0 saturated carbocycles. The quantitative estimate of drug-likeness (QED) is 0.761. The van der Waals surface area contributed by atoms with Crippen LogP contribution in [0.4, 0.5) is 0 Å². The van der Waals surface area contributed by atoms with E-state index in [2.05, 4.69) is 42.1 Å². The van der Waals surface area contributed by atoms with Gasteiger partial charge in [0.1, 0.15) is 5.54 Å². The fraction of sp³-hybridized carbons (Fsp3) is 0.933. The van der Waals surface area contributed by atoms with Gasteiger partial charge in [0.15, 0.2) is 0 Å². The number of piperidine rings is 1. The van der Waals surface area contributed by atoms with Gasteiger partial charge in [-0.25, -0.2) is 0 Å². The van der Waals surface area contributed by atoms with Crippen LogP contribution in [0.15, 0.2) is 0 Å². The van der Waals surface area contributed by atoms with Gasteiger partial charge in [0.05, 0.1) is 6.07 Å². The van der Waals surface area contributed by atoms with Crippen molar-refractivity contribution in [2.45, 2.75) is 51.6 Å². The number of likely N-dealkylation sites (tertiary alicyclic amines) is 1. The number of hydrogen-bond donors (Lipinski definition) is 1. The first-order valence-corrected chi connectivity index (χ1v) is 7.63. The minimum atomic E-state index is -0.382. The minimum Gasteiger partial charge on any atom is -0.303 e. The Bertz CT molecular complexity index is 291. The van der Waals surface area contributed by atoms with Gasteiger partial charge in [-0.15, -0.1) is 0 Å². The molecule has 1 aliphatic rings. The van der Waals surface area contributed by atoms with Crippen LogP contribution in [0.25, 0.3) is 0 Å². The lowest BCUT2D eigenvalue weighted by atomic mass is 9.97. The summed E-state index contributed by atoms with van der Waals surface area (Å²) in [5.41, 5.74) is -0.382. The number of nitriles is 1. The summed E-state index contributed by atoms with van der Waals surface area (Å²) in [6.07, 6.45) is 3.41. The third-order valence-corrected chi connectivity index (χ3v) is 4.41. The summed E-state index contributed by atoms with van der Waals surface area (Å²) in [5, 5.41) is 12.6. The zero-order valence-electron chi connectivity index (χ0n) is 13.1. The van der Waals surface area contributed by atoms with E-state index in [1.165, 1.54) is 32.5 Å². The Morgan fingerprint density at radius 3 is 2.47 bits per heavy atom. The molecule has 110 valence electrons. The maximum Gasteiger partial charge on any atom is 0.105 e. The van der Waals surface area contributed by atoms with Crippen LogP contribution in [0.2, 0.25) is 0 Å². The third kappa shape index (κ3) is 5.10. The third-order valence-electron chi connectivity index (χ3n) is 4.41. The molecule has 1 atom stereocenters. The zero-order chi connectivity index (χ0) is 14.3. The molecule has 0 amide bonds. The summed E-state index contributed by atoms with van der Waals surface area (Å²) in [5.74, 6) is 0. The Morgan fingerprint density at radius 1 is 1.37 bits per heavy atom. The van der Waals surface area contributed by atoms with Crippen molar-refractivity contribution in [2.24, 2.45) is 0 Å². The highest BCUT2D eigenvalue weighted by atomic mass is 15.2. The normalized spacial score (nSPS) is 21.3. The maximum atomic E-state index is 9.27. The lowest BCUT2D eigenvalue weighted by Crippen LogP contribution is -2.47. The fourth-order valence-corrected chi connectivity index (χ4v) is 2.83. The van der Waals surface area contributed by atoms with Gasteiger partial charge in [0.25, 0.3) is 0 Å². The van der Waals surface area contributed by atoms with Crippen LogP contribution in [-0.4, -0.2) is 61.2 Å². The van der Waals surface area contributed by atoms with E-state index in [4.69, 9.17) is 0 Å². The Balaban J connectivity index is 2.35. The predicted molar refractivity (Wildman–Crippen MR) is 80.1 cm³/mol. The fourth-order valence-electron chi connectivity index (χ4n) is 2.83. The van der Waals surface area contributed by atoms with Crippen LogP contribution >= 0.6 is 0 Å². The molecule has 1 unspecified atom stereocenters. The average molecular weight is 266 g/mol. The molecule has 0 aliphatic carbocycles. The second-order valence-corrected chi connectivity index (χ2v) is 5.87. The molecule has 1 N–H and O–H groups in total. The highest BCUT2D eigenvalue weighted by Gasteiger charge is 2.26. The summed E-state index contributed by atoms with van der Waals surface area (Å²) in [7, 11) is 2.20. The van der Waals surface area contributed by atoms with E-state index in [-0.39, 0.29) is 5.54 Å². The molecule has 0 aromatic carbocycles. The first kappa shape index (κ1) is 16.4. The van der Waals surface area contributed by atoms with E-state index in [0.29, 0.717) is 6.04 Å². The number of nitrogens with one attached hydrogen (secondary N) is 1. The van der Waals surface area contributed by atoms with Gasteiger partial charge in [0.2, 0.25) is 0 Å². The molecule has 4 nitrogen and oxygen atoms in total. The van der Waals surface area contributed by atoms with Crippen molar-refractivity contribution in [2.75, 3.05) is 39.8 Å². The van der Waals surface area contributed by atoms with Crippen molar-refractivity contribution in [3.05, 3.63) is 0 Å². The Hall–Kier alpha value is -0.630. The Kier molecular flexibility index (Phi) is 6.78. The van der Waals surface area contributed by atoms with E-state index in [9.17, 15) is 5.26 Å². The summed E-state index contributed by atoms with van der Waals surface area (Å²) in [6.45, 7) is 11.7. The molecular formula is C15H30N4. The number of hydrogen-bond acceptors (Lipinski definition) is 4. The van der Waals surface area contributed by atoms with Crippen LogP contribution in [0, 0.1) is 11.3 Å². The topological polar surface area (TPSA) is 42.3 Å². The summed E-state index contributed by atoms with van der Waals surface area (Å²) < 4.78 is 0. The zero-order valence-corrected chi connectivity index (χ0v) is 13.1. The van der Waals surface area contributed by atoms with Gasteiger partial charge in [-0.2, -0.15) is 5.26 Å². The Labute approximate surface area is 118 Å². The summed E-state index contributed by atoms with van der Waals surface area (Å²) in [4.78, 5) is 4.96. The van der Waals surface area contributed by atoms with Gasteiger partial charge in [-0.3, -0.25) is 5.32 Å². The maximum absolute atomic E-state index is 9.27. The average Bonchev–Trinajstić information content (AvgIpc) is 2.45. The van der Waals surface area contributed by atoms with Crippen LogP contribution in [0.1, 0.15) is 40.0 Å². The molecule has 1 fully saturated rings. The predicted octanol–water partition coefficient (Wildman–Crippen LogP) is 1.68. The van der Waals surface area contributed by atoms with E-state index in [0.717, 1.165) is 19.5 Å². The van der Waals surface area contributed by atoms with E-state index < -0.39 is 0 Å². The van der Waals surface area contributed by atoms with Gasteiger partial charge in [-0.05, 0) is 59.4 Å². The van der Waals surface area contributed by atoms with Crippen molar-refractivity contribution in [1.82, 2.24) is 15.1 Å². The lowest BCUT2D eigenvalue weighted by molar-refractivity contribution is 0.126. The largest absolute Gasteiger partial charge is 0.303 e. The molecule has 0 bridgehead atoms. The van der Waals surface area contributed by atoms with Gasteiger partial charge in [0, 0.05) is 12.6 Å². The van der Waals surface area contributed by atoms with Gasteiger partial charge >= 0.3 is 0 Å². The van der Waals surface area contributed by atoms with E-state index in [1.54, 1.807) is 0 Å². The molecule has 1 saturated heterocycles. The highest BCUT2D eigenvalue weighted by molar-refractivity contribution is 5.03. The van der Waals surface area contributed by atoms with Gasteiger partial charge in [-0.1, -0.05) is 13.8 Å². The Morgan fingerprint density at radius 2 is 2.00 bits per heavy atom. The van der Waals surface area contributed by atoms with Crippen molar-refractivity contribution in [3.63, 3.8) is 0 Å².